The lowest BCUT2D eigenvalue weighted by Gasteiger charge is -2.34. The van der Waals surface area contributed by atoms with Crippen LogP contribution in [0, 0.1) is 11.6 Å². The Morgan fingerprint density at radius 2 is 1.97 bits per heavy atom. The fourth-order valence-electron chi connectivity index (χ4n) is 4.96. The molecule has 6 nitrogen and oxygen atoms in total. The van der Waals surface area contributed by atoms with Gasteiger partial charge in [-0.3, -0.25) is 9.48 Å². The fraction of sp³-hybridized carbons (Fsp3) is 0.240. The average Bonchev–Trinajstić information content (AvgIpc) is 3.55. The predicted octanol–water partition coefficient (Wildman–Crippen LogP) is 4.55. The maximum Gasteiger partial charge on any atom is 0.276 e. The first kappa shape index (κ1) is 19.8. The molecular weight excluding hydrogens is 426 g/mol. The van der Waals surface area contributed by atoms with Crippen LogP contribution in [0.4, 0.5) is 8.78 Å². The molecule has 0 saturated carbocycles. The van der Waals surface area contributed by atoms with Crippen LogP contribution < -0.4 is 0 Å². The molecule has 33 heavy (non-hydrogen) atoms. The average molecular weight is 446 g/mol. The standard InChI is InChI=1S/C25H20F2N4O2/c26-16-7-8-18(21(27)10-16)24-11-22(29-33-24)25(32)30-13-15-4-1-2-5-17(15)20(14-30)19-12-28-31-9-3-6-23(19)31/h1-2,4-5,7-8,10-12,20H,3,6,9,13-14H2. The molecule has 0 radical (unpaired) electrons. The third-order valence-corrected chi connectivity index (χ3v) is 6.55. The third kappa shape index (κ3) is 3.33. The van der Waals surface area contributed by atoms with Gasteiger partial charge in [0, 0.05) is 48.9 Å². The zero-order chi connectivity index (χ0) is 22.5. The van der Waals surface area contributed by atoms with Crippen molar-refractivity contribution in [3.8, 4) is 11.3 Å². The summed E-state index contributed by atoms with van der Waals surface area (Å²) in [4.78, 5) is 15.1. The number of hydrogen-bond acceptors (Lipinski definition) is 4. The van der Waals surface area contributed by atoms with Gasteiger partial charge in [-0.25, -0.2) is 8.78 Å². The highest BCUT2D eigenvalue weighted by Crippen LogP contribution is 2.37. The summed E-state index contributed by atoms with van der Waals surface area (Å²) in [6, 6.07) is 12.7. The SMILES string of the molecule is O=C(c1cc(-c2ccc(F)cc2F)on1)N1Cc2ccccc2C(c2cnn3c2CCC3)C1. The van der Waals surface area contributed by atoms with Gasteiger partial charge < -0.3 is 9.42 Å². The van der Waals surface area contributed by atoms with Crippen molar-refractivity contribution in [3.63, 3.8) is 0 Å². The molecule has 6 rings (SSSR count). The minimum atomic E-state index is -0.771. The van der Waals surface area contributed by atoms with Crippen LogP contribution >= 0.6 is 0 Å². The molecule has 1 amide bonds. The van der Waals surface area contributed by atoms with Gasteiger partial charge in [-0.1, -0.05) is 29.4 Å². The topological polar surface area (TPSA) is 64.2 Å². The Hall–Kier alpha value is -3.81. The molecular formula is C25H20F2N4O2. The zero-order valence-electron chi connectivity index (χ0n) is 17.7. The quantitative estimate of drug-likeness (QED) is 0.463. The van der Waals surface area contributed by atoms with Crippen molar-refractivity contribution in [3.05, 3.63) is 94.4 Å². The lowest BCUT2D eigenvalue weighted by atomic mass is 9.84. The van der Waals surface area contributed by atoms with Crippen LogP contribution in [-0.4, -0.2) is 32.3 Å². The summed E-state index contributed by atoms with van der Waals surface area (Å²) in [6.07, 6.45) is 3.99. The number of rotatable bonds is 3. The van der Waals surface area contributed by atoms with Gasteiger partial charge >= 0.3 is 0 Å². The number of benzene rings is 2. The first-order chi connectivity index (χ1) is 16.1. The van der Waals surface area contributed by atoms with E-state index in [9.17, 15) is 13.6 Å². The molecule has 2 aromatic carbocycles. The highest BCUT2D eigenvalue weighted by atomic mass is 19.1. The largest absolute Gasteiger partial charge is 0.355 e. The molecule has 0 fully saturated rings. The molecule has 2 aliphatic heterocycles. The van der Waals surface area contributed by atoms with E-state index in [4.69, 9.17) is 4.52 Å². The van der Waals surface area contributed by atoms with Gasteiger partial charge in [-0.2, -0.15) is 5.10 Å². The van der Waals surface area contributed by atoms with Crippen LogP contribution in [0.5, 0.6) is 0 Å². The number of nitrogens with zero attached hydrogens (tertiary/aromatic N) is 4. The number of carbonyl (C=O) groups is 1. The van der Waals surface area contributed by atoms with Crippen molar-refractivity contribution < 1.29 is 18.1 Å². The monoisotopic (exact) mass is 446 g/mol. The maximum atomic E-state index is 14.2. The van der Waals surface area contributed by atoms with Crippen LogP contribution in [0.1, 0.15) is 45.2 Å². The van der Waals surface area contributed by atoms with E-state index in [1.54, 1.807) is 4.90 Å². The molecule has 0 N–H and O–H groups in total. The van der Waals surface area contributed by atoms with Crippen molar-refractivity contribution in [2.45, 2.75) is 31.8 Å². The number of halogens is 2. The van der Waals surface area contributed by atoms with Crippen LogP contribution in [0.3, 0.4) is 0 Å². The van der Waals surface area contributed by atoms with Gasteiger partial charge in [0.25, 0.3) is 5.91 Å². The molecule has 0 saturated heterocycles. The second-order valence-corrected chi connectivity index (χ2v) is 8.51. The lowest BCUT2D eigenvalue weighted by molar-refractivity contribution is 0.0714. The Bertz CT molecular complexity index is 1380. The van der Waals surface area contributed by atoms with Crippen molar-refractivity contribution in [2.75, 3.05) is 6.54 Å². The molecule has 2 aromatic heterocycles. The molecule has 1 unspecified atom stereocenters. The molecule has 0 spiro atoms. The van der Waals surface area contributed by atoms with Crippen LogP contribution in [-0.2, 0) is 19.5 Å². The number of hydrogen-bond donors (Lipinski definition) is 0. The third-order valence-electron chi connectivity index (χ3n) is 6.55. The lowest BCUT2D eigenvalue weighted by Crippen LogP contribution is -2.38. The molecule has 0 bridgehead atoms. The molecule has 1 atom stereocenters. The van der Waals surface area contributed by atoms with Gasteiger partial charge in [0.1, 0.15) is 11.6 Å². The number of amides is 1. The minimum absolute atomic E-state index is 0.0154. The van der Waals surface area contributed by atoms with E-state index in [1.807, 2.05) is 24.4 Å². The van der Waals surface area contributed by atoms with Gasteiger partial charge in [-0.05, 0) is 36.1 Å². The van der Waals surface area contributed by atoms with E-state index in [0.717, 1.165) is 42.6 Å². The highest BCUT2D eigenvalue weighted by molar-refractivity contribution is 5.93. The minimum Gasteiger partial charge on any atom is -0.355 e. The van der Waals surface area contributed by atoms with Crippen molar-refractivity contribution >= 4 is 5.91 Å². The first-order valence-corrected chi connectivity index (χ1v) is 10.9. The van der Waals surface area contributed by atoms with E-state index in [1.165, 1.54) is 23.4 Å². The smallest absolute Gasteiger partial charge is 0.276 e. The summed E-state index contributed by atoms with van der Waals surface area (Å²) >= 11 is 0. The van der Waals surface area contributed by atoms with E-state index in [2.05, 4.69) is 21.0 Å². The summed E-state index contributed by atoms with van der Waals surface area (Å²) in [5.74, 6) is -1.65. The number of carbonyl (C=O) groups excluding carboxylic acids is 1. The molecule has 2 aliphatic rings. The predicted molar refractivity (Wildman–Crippen MR) is 115 cm³/mol. The van der Waals surface area contributed by atoms with Gasteiger partial charge in [0.2, 0.25) is 0 Å². The molecule has 4 aromatic rings. The Morgan fingerprint density at radius 3 is 2.85 bits per heavy atom. The zero-order valence-corrected chi connectivity index (χ0v) is 17.7. The Balaban J connectivity index is 1.33. The fourth-order valence-corrected chi connectivity index (χ4v) is 4.96. The van der Waals surface area contributed by atoms with Crippen molar-refractivity contribution in [1.82, 2.24) is 19.8 Å². The van der Waals surface area contributed by atoms with Crippen molar-refractivity contribution in [1.29, 1.82) is 0 Å². The Labute approximate surface area is 188 Å². The molecule has 0 aliphatic carbocycles. The van der Waals surface area contributed by atoms with E-state index < -0.39 is 11.6 Å². The second kappa shape index (κ2) is 7.65. The van der Waals surface area contributed by atoms with Gasteiger partial charge in [0.15, 0.2) is 11.5 Å². The summed E-state index contributed by atoms with van der Waals surface area (Å²) < 4.78 is 34.7. The van der Waals surface area contributed by atoms with E-state index in [0.29, 0.717) is 13.1 Å². The summed E-state index contributed by atoms with van der Waals surface area (Å²) in [5.41, 5.74) is 4.82. The highest BCUT2D eigenvalue weighted by Gasteiger charge is 2.34. The van der Waals surface area contributed by atoms with E-state index in [-0.39, 0.29) is 28.8 Å². The molecule has 8 heteroatoms. The van der Waals surface area contributed by atoms with Crippen LogP contribution in [0.2, 0.25) is 0 Å². The number of fused-ring (bicyclic) bond motifs is 2. The normalized spacial score (nSPS) is 17.2. The summed E-state index contributed by atoms with van der Waals surface area (Å²) in [7, 11) is 0. The van der Waals surface area contributed by atoms with E-state index >= 15 is 0 Å². The van der Waals surface area contributed by atoms with Gasteiger partial charge in [0.05, 0.1) is 11.8 Å². The molecule has 4 heterocycles. The van der Waals surface area contributed by atoms with Crippen LogP contribution in [0.15, 0.2) is 59.3 Å². The van der Waals surface area contributed by atoms with Crippen molar-refractivity contribution in [2.24, 2.45) is 0 Å². The summed E-state index contributed by atoms with van der Waals surface area (Å²) in [5, 5.41) is 8.44. The number of aryl methyl sites for hydroxylation is 1. The second-order valence-electron chi connectivity index (χ2n) is 8.51. The Morgan fingerprint density at radius 1 is 1.09 bits per heavy atom. The molecule has 166 valence electrons. The Kier molecular flexibility index (Phi) is 4.60. The van der Waals surface area contributed by atoms with Crippen LogP contribution in [0.25, 0.3) is 11.3 Å². The van der Waals surface area contributed by atoms with Gasteiger partial charge in [-0.15, -0.1) is 0 Å². The number of aromatic nitrogens is 3. The first-order valence-electron chi connectivity index (χ1n) is 10.9. The summed E-state index contributed by atoms with van der Waals surface area (Å²) in [6.45, 7) is 1.86. The maximum absolute atomic E-state index is 14.2.